The molecule has 6 heteroatoms. The molecule has 0 unspecified atom stereocenters. The highest BCUT2D eigenvalue weighted by Crippen LogP contribution is 2.40. The van der Waals surface area contributed by atoms with Gasteiger partial charge in [0.05, 0.1) is 19.6 Å². The third-order valence-corrected chi connectivity index (χ3v) is 4.47. The van der Waals surface area contributed by atoms with Crippen molar-refractivity contribution in [1.29, 1.82) is 0 Å². The molecule has 118 valence electrons. The van der Waals surface area contributed by atoms with Crippen molar-refractivity contribution in [2.45, 2.75) is 31.1 Å². The molecule has 6 nitrogen and oxygen atoms in total. The summed E-state index contributed by atoms with van der Waals surface area (Å²) in [5.41, 5.74) is 6.65. The van der Waals surface area contributed by atoms with Crippen molar-refractivity contribution in [3.05, 3.63) is 24.1 Å². The molecule has 0 atom stereocenters. The minimum atomic E-state index is -0.151. The van der Waals surface area contributed by atoms with Crippen LogP contribution in [0.25, 0.3) is 11.4 Å². The molecule has 0 bridgehead atoms. The van der Waals surface area contributed by atoms with Gasteiger partial charge in [0.1, 0.15) is 0 Å². The number of hydrogen-bond donors (Lipinski definition) is 1. The first-order valence-corrected chi connectivity index (χ1v) is 7.49. The number of ether oxygens (including phenoxy) is 2. The first-order valence-electron chi connectivity index (χ1n) is 7.49. The van der Waals surface area contributed by atoms with Gasteiger partial charge in [0.2, 0.25) is 11.7 Å². The summed E-state index contributed by atoms with van der Waals surface area (Å²) in [5, 5.41) is 4.12. The van der Waals surface area contributed by atoms with E-state index in [0.717, 1.165) is 31.2 Å². The lowest BCUT2D eigenvalue weighted by Gasteiger charge is -2.21. The van der Waals surface area contributed by atoms with E-state index in [1.54, 1.807) is 14.2 Å². The van der Waals surface area contributed by atoms with Gasteiger partial charge >= 0.3 is 0 Å². The van der Waals surface area contributed by atoms with Gasteiger partial charge in [0.15, 0.2) is 11.5 Å². The van der Waals surface area contributed by atoms with Crippen LogP contribution in [0.15, 0.2) is 22.7 Å². The van der Waals surface area contributed by atoms with Crippen LogP contribution in [0.3, 0.4) is 0 Å². The smallest absolute Gasteiger partial charge is 0.234 e. The molecule has 3 rings (SSSR count). The predicted octanol–water partition coefficient (Wildman–Crippen LogP) is 2.52. The summed E-state index contributed by atoms with van der Waals surface area (Å²) in [6, 6.07) is 5.56. The van der Waals surface area contributed by atoms with Crippen molar-refractivity contribution >= 4 is 0 Å². The number of aromatic nitrogens is 2. The third kappa shape index (κ3) is 2.43. The van der Waals surface area contributed by atoms with Crippen LogP contribution in [-0.4, -0.2) is 30.9 Å². The zero-order valence-electron chi connectivity index (χ0n) is 13.0. The van der Waals surface area contributed by atoms with Crippen molar-refractivity contribution < 1.29 is 14.0 Å². The largest absolute Gasteiger partial charge is 0.493 e. The van der Waals surface area contributed by atoms with E-state index in [2.05, 4.69) is 10.1 Å². The zero-order chi connectivity index (χ0) is 15.6. The van der Waals surface area contributed by atoms with Gasteiger partial charge in [-0.15, -0.1) is 0 Å². The molecule has 0 aliphatic heterocycles. The first kappa shape index (κ1) is 14.8. The minimum absolute atomic E-state index is 0.151. The molecular weight excluding hydrogens is 282 g/mol. The summed E-state index contributed by atoms with van der Waals surface area (Å²) in [6.07, 6.45) is 4.34. The fraction of sp³-hybridized carbons (Fsp3) is 0.500. The maximum atomic E-state index is 5.97. The van der Waals surface area contributed by atoms with Crippen molar-refractivity contribution in [1.82, 2.24) is 10.1 Å². The van der Waals surface area contributed by atoms with E-state index in [9.17, 15) is 0 Å². The number of methoxy groups -OCH3 is 2. The summed E-state index contributed by atoms with van der Waals surface area (Å²) in [5.74, 6) is 2.51. The summed E-state index contributed by atoms with van der Waals surface area (Å²) >= 11 is 0. The van der Waals surface area contributed by atoms with Gasteiger partial charge in [-0.2, -0.15) is 4.98 Å². The fourth-order valence-corrected chi connectivity index (χ4v) is 3.09. The van der Waals surface area contributed by atoms with Crippen LogP contribution < -0.4 is 15.2 Å². The summed E-state index contributed by atoms with van der Waals surface area (Å²) in [6.45, 7) is 0.542. The number of hydrogen-bond acceptors (Lipinski definition) is 6. The van der Waals surface area contributed by atoms with Crippen LogP contribution in [0.5, 0.6) is 11.5 Å². The lowest BCUT2D eigenvalue weighted by atomic mass is 9.86. The molecule has 2 N–H and O–H groups in total. The number of nitrogens with two attached hydrogens (primary N) is 1. The Bertz CT molecular complexity index is 648. The second-order valence-electron chi connectivity index (χ2n) is 5.68. The summed E-state index contributed by atoms with van der Waals surface area (Å²) in [4.78, 5) is 4.58. The van der Waals surface area contributed by atoms with Crippen LogP contribution in [0.4, 0.5) is 0 Å². The van der Waals surface area contributed by atoms with Crippen molar-refractivity contribution in [2.75, 3.05) is 20.8 Å². The van der Waals surface area contributed by atoms with Gasteiger partial charge in [-0.05, 0) is 31.0 Å². The van der Waals surface area contributed by atoms with E-state index in [0.29, 0.717) is 29.8 Å². The zero-order valence-corrected chi connectivity index (χ0v) is 13.0. The van der Waals surface area contributed by atoms with Crippen LogP contribution in [0, 0.1) is 0 Å². The Morgan fingerprint density at radius 3 is 2.55 bits per heavy atom. The molecule has 1 saturated carbocycles. The Hall–Kier alpha value is -2.08. The third-order valence-electron chi connectivity index (χ3n) is 4.47. The topological polar surface area (TPSA) is 83.4 Å². The second kappa shape index (κ2) is 5.96. The van der Waals surface area contributed by atoms with Crippen molar-refractivity contribution in [3.63, 3.8) is 0 Å². The van der Waals surface area contributed by atoms with Gasteiger partial charge in [0.25, 0.3) is 0 Å². The predicted molar refractivity (Wildman–Crippen MR) is 82.0 cm³/mol. The maximum Gasteiger partial charge on any atom is 0.234 e. The van der Waals surface area contributed by atoms with Crippen LogP contribution >= 0.6 is 0 Å². The molecule has 0 spiro atoms. The molecular formula is C16H21N3O3. The quantitative estimate of drug-likeness (QED) is 0.913. The van der Waals surface area contributed by atoms with Crippen molar-refractivity contribution in [2.24, 2.45) is 5.73 Å². The minimum Gasteiger partial charge on any atom is -0.493 e. The lowest BCUT2D eigenvalue weighted by Crippen LogP contribution is -2.32. The van der Waals surface area contributed by atoms with Crippen molar-refractivity contribution in [3.8, 4) is 22.9 Å². The van der Waals surface area contributed by atoms with E-state index >= 15 is 0 Å². The lowest BCUT2D eigenvalue weighted by molar-refractivity contribution is 0.284. The first-order chi connectivity index (χ1) is 10.7. The van der Waals surface area contributed by atoms with E-state index < -0.39 is 0 Å². The monoisotopic (exact) mass is 303 g/mol. The van der Waals surface area contributed by atoms with Gasteiger partial charge in [-0.25, -0.2) is 0 Å². The molecule has 22 heavy (non-hydrogen) atoms. The van der Waals surface area contributed by atoms with Gasteiger partial charge < -0.3 is 19.7 Å². The second-order valence-corrected chi connectivity index (χ2v) is 5.68. The van der Waals surface area contributed by atoms with Crippen LogP contribution in [-0.2, 0) is 5.41 Å². The Balaban J connectivity index is 1.94. The molecule has 0 radical (unpaired) electrons. The summed E-state index contributed by atoms with van der Waals surface area (Å²) < 4.78 is 16.1. The molecule has 1 fully saturated rings. The average molecular weight is 303 g/mol. The van der Waals surface area contributed by atoms with Gasteiger partial charge in [-0.3, -0.25) is 0 Å². The maximum absolute atomic E-state index is 5.97. The molecule has 1 aromatic carbocycles. The molecule has 1 aliphatic carbocycles. The van der Waals surface area contributed by atoms with Crippen LogP contribution in [0.2, 0.25) is 0 Å². The van der Waals surface area contributed by atoms with Crippen LogP contribution in [0.1, 0.15) is 31.6 Å². The van der Waals surface area contributed by atoms with E-state index in [1.807, 2.05) is 18.2 Å². The van der Waals surface area contributed by atoms with Gasteiger partial charge in [0, 0.05) is 12.1 Å². The highest BCUT2D eigenvalue weighted by molar-refractivity contribution is 5.60. The number of rotatable bonds is 5. The van der Waals surface area contributed by atoms with E-state index in [-0.39, 0.29) is 5.41 Å². The normalized spacial score (nSPS) is 16.7. The van der Waals surface area contributed by atoms with Gasteiger partial charge in [-0.1, -0.05) is 18.0 Å². The Kier molecular flexibility index (Phi) is 4.02. The Morgan fingerprint density at radius 1 is 1.18 bits per heavy atom. The van der Waals surface area contributed by atoms with E-state index in [4.69, 9.17) is 19.7 Å². The molecule has 1 aromatic heterocycles. The van der Waals surface area contributed by atoms with E-state index in [1.165, 1.54) is 0 Å². The molecule has 1 aliphatic rings. The average Bonchev–Trinajstić information content (AvgIpc) is 3.23. The molecule has 0 amide bonds. The Morgan fingerprint density at radius 2 is 1.91 bits per heavy atom. The highest BCUT2D eigenvalue weighted by atomic mass is 16.5. The molecule has 0 saturated heterocycles. The SMILES string of the molecule is COc1ccc(-c2noc(C3(CN)CCCC3)n2)cc1OC. The molecule has 1 heterocycles. The standard InChI is InChI=1S/C16H21N3O3/c1-20-12-6-5-11(9-13(12)21-2)14-18-15(22-19-14)16(10-17)7-3-4-8-16/h5-6,9H,3-4,7-8,10,17H2,1-2H3. The fourth-order valence-electron chi connectivity index (χ4n) is 3.09. The number of benzene rings is 1. The molecule has 2 aromatic rings. The highest BCUT2D eigenvalue weighted by Gasteiger charge is 2.39. The summed E-state index contributed by atoms with van der Waals surface area (Å²) in [7, 11) is 3.21. The number of nitrogens with zero attached hydrogens (tertiary/aromatic N) is 2. The Labute approximate surface area is 129 Å².